The van der Waals surface area contributed by atoms with Gasteiger partial charge in [-0.3, -0.25) is 14.3 Å². The summed E-state index contributed by atoms with van der Waals surface area (Å²) in [6.07, 6.45) is 0. The van der Waals surface area contributed by atoms with Crippen LogP contribution in [0.2, 0.25) is 0 Å². The van der Waals surface area contributed by atoms with Crippen molar-refractivity contribution >= 4 is 23.2 Å². The molecule has 2 heterocycles. The standard InChI is InChI=1S/C23H23FN4O3/c1-13-9-10-19-18(11-13)25-21(29)23(4,31-19)22(30)26-20-14(2)27-28(15(20)3)12-16-7-5-6-8-17(16)24/h5-11H,12H2,1-4H3,(H,25,29)(H,26,30). The number of hydrogen-bond acceptors (Lipinski definition) is 4. The van der Waals surface area contributed by atoms with Gasteiger partial charge < -0.3 is 15.4 Å². The Morgan fingerprint density at radius 1 is 1.23 bits per heavy atom. The third kappa shape index (κ3) is 3.65. The Bertz CT molecular complexity index is 1200. The van der Waals surface area contributed by atoms with E-state index in [2.05, 4.69) is 15.7 Å². The number of amides is 2. The number of aryl methyl sites for hydroxylation is 2. The van der Waals surface area contributed by atoms with Gasteiger partial charge in [0.25, 0.3) is 17.4 Å². The minimum Gasteiger partial charge on any atom is -0.466 e. The van der Waals surface area contributed by atoms with Gasteiger partial charge in [-0.2, -0.15) is 5.10 Å². The predicted molar refractivity (Wildman–Crippen MR) is 115 cm³/mol. The first-order valence-electron chi connectivity index (χ1n) is 9.89. The molecule has 2 aromatic carbocycles. The molecule has 3 aromatic rings. The Hall–Kier alpha value is -3.68. The Labute approximate surface area is 179 Å². The summed E-state index contributed by atoms with van der Waals surface area (Å²) in [6, 6.07) is 11.8. The van der Waals surface area contributed by atoms with E-state index in [-0.39, 0.29) is 12.4 Å². The van der Waals surface area contributed by atoms with Crippen molar-refractivity contribution in [2.75, 3.05) is 10.6 Å². The van der Waals surface area contributed by atoms with Gasteiger partial charge in [0.15, 0.2) is 0 Å². The van der Waals surface area contributed by atoms with Crippen LogP contribution in [0.5, 0.6) is 5.75 Å². The molecule has 0 radical (unpaired) electrons. The van der Waals surface area contributed by atoms with Crippen molar-refractivity contribution in [1.29, 1.82) is 0 Å². The zero-order valence-electron chi connectivity index (χ0n) is 17.7. The number of aromatic nitrogens is 2. The lowest BCUT2D eigenvalue weighted by Gasteiger charge is -2.33. The summed E-state index contributed by atoms with van der Waals surface area (Å²) in [5, 5.41) is 9.95. The molecule has 4 rings (SSSR count). The van der Waals surface area contributed by atoms with Crippen molar-refractivity contribution in [1.82, 2.24) is 9.78 Å². The average molecular weight is 422 g/mol. The minimum absolute atomic E-state index is 0.218. The second-order valence-electron chi connectivity index (χ2n) is 7.84. The van der Waals surface area contributed by atoms with Crippen LogP contribution in [0.1, 0.15) is 29.4 Å². The average Bonchev–Trinajstić information content (AvgIpc) is 2.98. The lowest BCUT2D eigenvalue weighted by Crippen LogP contribution is -2.56. The molecule has 1 aliphatic rings. The lowest BCUT2D eigenvalue weighted by molar-refractivity contribution is -0.143. The summed E-state index contributed by atoms with van der Waals surface area (Å²) in [7, 11) is 0. The summed E-state index contributed by atoms with van der Waals surface area (Å²) < 4.78 is 21.5. The molecule has 2 N–H and O–H groups in total. The van der Waals surface area contributed by atoms with Crippen molar-refractivity contribution in [3.8, 4) is 5.75 Å². The van der Waals surface area contributed by atoms with Crippen molar-refractivity contribution in [2.45, 2.75) is 39.8 Å². The normalized spacial score (nSPS) is 17.5. The van der Waals surface area contributed by atoms with E-state index < -0.39 is 17.4 Å². The summed E-state index contributed by atoms with van der Waals surface area (Å²) in [6.45, 7) is 7.06. The van der Waals surface area contributed by atoms with Crippen molar-refractivity contribution in [2.24, 2.45) is 0 Å². The van der Waals surface area contributed by atoms with E-state index in [0.717, 1.165) is 5.56 Å². The van der Waals surface area contributed by atoms with Crippen LogP contribution >= 0.6 is 0 Å². The number of ether oxygens (including phenoxy) is 1. The van der Waals surface area contributed by atoms with Crippen LogP contribution in [0.15, 0.2) is 42.5 Å². The molecule has 1 unspecified atom stereocenters. The smallest absolute Gasteiger partial charge is 0.278 e. The molecule has 0 aliphatic carbocycles. The molecule has 8 heteroatoms. The fourth-order valence-electron chi connectivity index (χ4n) is 3.54. The maximum absolute atomic E-state index is 14.0. The summed E-state index contributed by atoms with van der Waals surface area (Å²) >= 11 is 0. The molecule has 2 amide bonds. The number of fused-ring (bicyclic) bond motifs is 1. The number of nitrogens with one attached hydrogen (secondary N) is 2. The molecule has 0 saturated heterocycles. The molecule has 31 heavy (non-hydrogen) atoms. The van der Waals surface area contributed by atoms with E-state index >= 15 is 0 Å². The number of hydrogen-bond donors (Lipinski definition) is 2. The van der Waals surface area contributed by atoms with Crippen LogP contribution < -0.4 is 15.4 Å². The number of carbonyl (C=O) groups excluding carboxylic acids is 2. The summed E-state index contributed by atoms with van der Waals surface area (Å²) in [5.41, 5.74) is 1.88. The van der Waals surface area contributed by atoms with Crippen molar-refractivity contribution < 1.29 is 18.7 Å². The van der Waals surface area contributed by atoms with Crippen LogP contribution in [0.4, 0.5) is 15.8 Å². The van der Waals surface area contributed by atoms with E-state index in [0.29, 0.717) is 34.1 Å². The zero-order chi connectivity index (χ0) is 22.3. The second kappa shape index (κ2) is 7.54. The van der Waals surface area contributed by atoms with Gasteiger partial charge in [-0.15, -0.1) is 0 Å². The number of anilines is 2. The van der Waals surface area contributed by atoms with Gasteiger partial charge in [0.1, 0.15) is 11.6 Å². The molecule has 160 valence electrons. The number of rotatable bonds is 4. The van der Waals surface area contributed by atoms with Gasteiger partial charge in [0.05, 0.1) is 29.3 Å². The molecule has 0 spiro atoms. The lowest BCUT2D eigenvalue weighted by atomic mass is 10.0. The fourth-order valence-corrected chi connectivity index (χ4v) is 3.54. The fraction of sp³-hybridized carbons (Fsp3) is 0.261. The van der Waals surface area contributed by atoms with E-state index in [1.54, 1.807) is 48.9 Å². The number of nitrogens with zero attached hydrogens (tertiary/aromatic N) is 2. The molecule has 1 aliphatic heterocycles. The third-order valence-electron chi connectivity index (χ3n) is 5.46. The maximum atomic E-state index is 14.0. The van der Waals surface area contributed by atoms with Gasteiger partial charge in [-0.25, -0.2) is 4.39 Å². The van der Waals surface area contributed by atoms with Crippen LogP contribution in [-0.4, -0.2) is 27.2 Å². The van der Waals surface area contributed by atoms with Gasteiger partial charge in [-0.05, 0) is 51.5 Å². The second-order valence-corrected chi connectivity index (χ2v) is 7.84. The molecular formula is C23H23FN4O3. The predicted octanol–water partition coefficient (Wildman–Crippen LogP) is 3.72. The van der Waals surface area contributed by atoms with Crippen molar-refractivity contribution in [3.05, 3.63) is 70.8 Å². The van der Waals surface area contributed by atoms with E-state index in [4.69, 9.17) is 4.74 Å². The third-order valence-corrected chi connectivity index (χ3v) is 5.46. The number of benzene rings is 2. The highest BCUT2D eigenvalue weighted by atomic mass is 19.1. The Morgan fingerprint density at radius 3 is 2.71 bits per heavy atom. The topological polar surface area (TPSA) is 85.3 Å². The molecule has 0 fully saturated rings. The van der Waals surface area contributed by atoms with Gasteiger partial charge >= 0.3 is 0 Å². The van der Waals surface area contributed by atoms with Gasteiger partial charge in [0.2, 0.25) is 0 Å². The Balaban J connectivity index is 1.59. The van der Waals surface area contributed by atoms with E-state index in [1.165, 1.54) is 13.0 Å². The SMILES string of the molecule is Cc1ccc2c(c1)NC(=O)C(C)(C(=O)Nc1c(C)nn(Cc3ccccc3F)c1C)O2. The monoisotopic (exact) mass is 422 g/mol. The van der Waals surface area contributed by atoms with Crippen molar-refractivity contribution in [3.63, 3.8) is 0 Å². The molecule has 0 bridgehead atoms. The largest absolute Gasteiger partial charge is 0.466 e. The highest BCUT2D eigenvalue weighted by Crippen LogP contribution is 2.35. The number of carbonyl (C=O) groups is 2. The van der Waals surface area contributed by atoms with Gasteiger partial charge in [-0.1, -0.05) is 24.3 Å². The highest BCUT2D eigenvalue weighted by molar-refractivity contribution is 6.19. The van der Waals surface area contributed by atoms with Gasteiger partial charge in [0, 0.05) is 5.56 Å². The van der Waals surface area contributed by atoms with E-state index in [9.17, 15) is 14.0 Å². The molecule has 0 saturated carbocycles. The first-order chi connectivity index (χ1) is 14.7. The molecule has 1 atom stereocenters. The molecule has 7 nitrogen and oxygen atoms in total. The molecular weight excluding hydrogens is 399 g/mol. The first kappa shape index (κ1) is 20.6. The maximum Gasteiger partial charge on any atom is 0.278 e. The Morgan fingerprint density at radius 2 is 1.97 bits per heavy atom. The Kier molecular flexibility index (Phi) is 5.00. The zero-order valence-corrected chi connectivity index (χ0v) is 17.7. The quantitative estimate of drug-likeness (QED) is 0.628. The summed E-state index contributed by atoms with van der Waals surface area (Å²) in [5.74, 6) is -1.08. The van der Waals surface area contributed by atoms with Crippen LogP contribution in [0, 0.1) is 26.6 Å². The van der Waals surface area contributed by atoms with E-state index in [1.807, 2.05) is 13.0 Å². The minimum atomic E-state index is -1.76. The highest BCUT2D eigenvalue weighted by Gasteiger charge is 2.47. The van der Waals surface area contributed by atoms with Crippen LogP contribution in [-0.2, 0) is 16.1 Å². The van der Waals surface area contributed by atoms with Crippen LogP contribution in [0.3, 0.4) is 0 Å². The first-order valence-corrected chi connectivity index (χ1v) is 9.89. The number of halogens is 1. The van der Waals surface area contributed by atoms with Crippen LogP contribution in [0.25, 0.3) is 0 Å². The molecule has 1 aromatic heterocycles. The summed E-state index contributed by atoms with van der Waals surface area (Å²) in [4.78, 5) is 25.8.